The van der Waals surface area contributed by atoms with Gasteiger partial charge in [-0.3, -0.25) is 0 Å². The molecular formula is C18H17FN4O3S. The molecular weight excluding hydrogens is 371 g/mol. The SMILES string of the molecule is CCOC(=O)c1csc(Nc2ncc(C)c(-c3ccc(OC)c(F)c3)n2)n1. The van der Waals surface area contributed by atoms with Crippen molar-refractivity contribution in [3.05, 3.63) is 46.9 Å². The molecule has 0 spiro atoms. The second-order valence-corrected chi connectivity index (χ2v) is 6.32. The van der Waals surface area contributed by atoms with E-state index in [2.05, 4.69) is 20.3 Å². The first-order chi connectivity index (χ1) is 13.0. The highest BCUT2D eigenvalue weighted by molar-refractivity contribution is 7.14. The molecule has 1 aromatic carbocycles. The summed E-state index contributed by atoms with van der Waals surface area (Å²) < 4.78 is 23.9. The zero-order valence-electron chi connectivity index (χ0n) is 14.9. The van der Waals surface area contributed by atoms with Gasteiger partial charge >= 0.3 is 5.97 Å². The number of aromatic nitrogens is 3. The highest BCUT2D eigenvalue weighted by Crippen LogP contribution is 2.28. The van der Waals surface area contributed by atoms with Crippen molar-refractivity contribution in [2.24, 2.45) is 0 Å². The number of anilines is 2. The molecule has 2 heterocycles. The minimum absolute atomic E-state index is 0.165. The molecule has 0 aliphatic carbocycles. The molecule has 0 unspecified atom stereocenters. The van der Waals surface area contributed by atoms with E-state index in [0.717, 1.165) is 5.56 Å². The van der Waals surface area contributed by atoms with Crippen LogP contribution in [0.4, 0.5) is 15.5 Å². The lowest BCUT2D eigenvalue weighted by atomic mass is 10.1. The van der Waals surface area contributed by atoms with E-state index in [1.165, 1.54) is 24.5 Å². The van der Waals surface area contributed by atoms with Gasteiger partial charge in [0.25, 0.3) is 0 Å². The maximum Gasteiger partial charge on any atom is 0.357 e. The van der Waals surface area contributed by atoms with Crippen molar-refractivity contribution >= 4 is 28.4 Å². The van der Waals surface area contributed by atoms with Gasteiger partial charge in [-0.15, -0.1) is 11.3 Å². The maximum absolute atomic E-state index is 14.0. The molecule has 3 aromatic rings. The number of thiazole rings is 1. The van der Waals surface area contributed by atoms with Crippen LogP contribution in [0, 0.1) is 12.7 Å². The van der Waals surface area contributed by atoms with E-state index in [1.807, 2.05) is 6.92 Å². The number of hydrogen-bond donors (Lipinski definition) is 1. The van der Waals surface area contributed by atoms with E-state index in [4.69, 9.17) is 9.47 Å². The summed E-state index contributed by atoms with van der Waals surface area (Å²) in [6, 6.07) is 4.63. The highest BCUT2D eigenvalue weighted by Gasteiger charge is 2.14. The second-order valence-electron chi connectivity index (χ2n) is 5.46. The number of aryl methyl sites for hydroxylation is 1. The fraction of sp³-hybridized carbons (Fsp3) is 0.222. The monoisotopic (exact) mass is 388 g/mol. The van der Waals surface area contributed by atoms with Crippen molar-refractivity contribution in [2.45, 2.75) is 13.8 Å². The summed E-state index contributed by atoms with van der Waals surface area (Å²) in [6.07, 6.45) is 1.63. The number of benzene rings is 1. The molecule has 0 saturated carbocycles. The van der Waals surface area contributed by atoms with Gasteiger partial charge in [-0.1, -0.05) is 0 Å². The average molecular weight is 388 g/mol. The number of methoxy groups -OCH3 is 1. The topological polar surface area (TPSA) is 86.2 Å². The number of ether oxygens (including phenoxy) is 2. The van der Waals surface area contributed by atoms with Crippen LogP contribution in [-0.2, 0) is 4.74 Å². The summed E-state index contributed by atoms with van der Waals surface area (Å²) in [7, 11) is 1.41. The summed E-state index contributed by atoms with van der Waals surface area (Å²) in [5.74, 6) is -0.503. The summed E-state index contributed by atoms with van der Waals surface area (Å²) in [5.41, 5.74) is 2.18. The van der Waals surface area contributed by atoms with Gasteiger partial charge in [-0.05, 0) is 37.6 Å². The number of esters is 1. The number of nitrogens with zero attached hydrogens (tertiary/aromatic N) is 3. The van der Waals surface area contributed by atoms with Crippen molar-refractivity contribution in [3.63, 3.8) is 0 Å². The van der Waals surface area contributed by atoms with Crippen molar-refractivity contribution in [3.8, 4) is 17.0 Å². The van der Waals surface area contributed by atoms with Gasteiger partial charge in [0.2, 0.25) is 5.95 Å². The maximum atomic E-state index is 14.0. The van der Waals surface area contributed by atoms with E-state index < -0.39 is 11.8 Å². The van der Waals surface area contributed by atoms with Gasteiger partial charge in [-0.25, -0.2) is 24.1 Å². The smallest absolute Gasteiger partial charge is 0.357 e. The lowest BCUT2D eigenvalue weighted by molar-refractivity contribution is 0.0520. The van der Waals surface area contributed by atoms with Crippen molar-refractivity contribution in [1.82, 2.24) is 15.0 Å². The number of carbonyl (C=O) groups excluding carboxylic acids is 1. The first-order valence-electron chi connectivity index (χ1n) is 8.09. The molecule has 9 heteroatoms. The standard InChI is InChI=1S/C18H17FN4O3S/c1-4-26-16(24)13-9-27-18(21-13)23-17-20-8-10(2)15(22-17)11-5-6-14(25-3)12(19)7-11/h5-9H,4H2,1-3H3,(H,20,21,22,23). The van der Waals surface area contributed by atoms with Crippen LogP contribution in [0.2, 0.25) is 0 Å². The van der Waals surface area contributed by atoms with Crippen LogP contribution in [0.1, 0.15) is 23.0 Å². The number of halogens is 1. The van der Waals surface area contributed by atoms with Gasteiger partial charge in [0.15, 0.2) is 22.4 Å². The Bertz CT molecular complexity index is 977. The van der Waals surface area contributed by atoms with Crippen LogP contribution >= 0.6 is 11.3 Å². The van der Waals surface area contributed by atoms with Crippen molar-refractivity contribution in [2.75, 3.05) is 19.0 Å². The number of rotatable bonds is 6. The average Bonchev–Trinajstić information content (AvgIpc) is 3.12. The van der Waals surface area contributed by atoms with Gasteiger partial charge < -0.3 is 14.8 Å². The number of nitrogens with one attached hydrogen (secondary N) is 1. The Morgan fingerprint density at radius 1 is 1.33 bits per heavy atom. The summed E-state index contributed by atoms with van der Waals surface area (Å²) in [5, 5.41) is 5.00. The predicted octanol–water partition coefficient (Wildman–Crippen LogP) is 3.98. The minimum atomic E-state index is -0.485. The molecule has 0 atom stereocenters. The van der Waals surface area contributed by atoms with Gasteiger partial charge in [0.1, 0.15) is 0 Å². The number of hydrogen-bond acceptors (Lipinski definition) is 8. The Balaban J connectivity index is 1.85. The molecule has 3 rings (SSSR count). The molecule has 0 fully saturated rings. The zero-order valence-corrected chi connectivity index (χ0v) is 15.8. The lowest BCUT2D eigenvalue weighted by Crippen LogP contribution is -2.05. The Morgan fingerprint density at radius 2 is 2.15 bits per heavy atom. The summed E-state index contributed by atoms with van der Waals surface area (Å²) in [6.45, 7) is 3.85. The fourth-order valence-electron chi connectivity index (χ4n) is 2.33. The quantitative estimate of drug-likeness (QED) is 0.639. The molecule has 0 aliphatic heterocycles. The third-order valence-electron chi connectivity index (χ3n) is 3.60. The predicted molar refractivity (Wildman–Crippen MR) is 100 cm³/mol. The van der Waals surface area contributed by atoms with Crippen molar-refractivity contribution in [1.29, 1.82) is 0 Å². The highest BCUT2D eigenvalue weighted by atomic mass is 32.1. The van der Waals surface area contributed by atoms with Crippen molar-refractivity contribution < 1.29 is 18.7 Å². The lowest BCUT2D eigenvalue weighted by Gasteiger charge is -2.09. The molecule has 0 saturated heterocycles. The van der Waals surface area contributed by atoms with E-state index in [1.54, 1.807) is 30.6 Å². The largest absolute Gasteiger partial charge is 0.494 e. The van der Waals surface area contributed by atoms with Gasteiger partial charge in [0.05, 0.1) is 19.4 Å². The summed E-state index contributed by atoms with van der Waals surface area (Å²) >= 11 is 1.23. The molecule has 1 N–H and O–H groups in total. The van der Waals surface area contributed by atoms with Crippen LogP contribution < -0.4 is 10.1 Å². The molecule has 7 nitrogen and oxygen atoms in total. The Kier molecular flexibility index (Phi) is 5.60. The third kappa shape index (κ3) is 4.20. The Morgan fingerprint density at radius 3 is 2.85 bits per heavy atom. The first kappa shape index (κ1) is 18.7. The van der Waals surface area contributed by atoms with E-state index in [0.29, 0.717) is 16.4 Å². The summed E-state index contributed by atoms with van der Waals surface area (Å²) in [4.78, 5) is 24.5. The van der Waals surface area contributed by atoms with Crippen LogP contribution in [0.25, 0.3) is 11.3 Å². The minimum Gasteiger partial charge on any atom is -0.494 e. The molecule has 0 bridgehead atoms. The molecule has 27 heavy (non-hydrogen) atoms. The van der Waals surface area contributed by atoms with Gasteiger partial charge in [0, 0.05) is 17.1 Å². The van der Waals surface area contributed by atoms with E-state index in [-0.39, 0.29) is 24.0 Å². The molecule has 140 valence electrons. The second kappa shape index (κ2) is 8.09. The van der Waals surface area contributed by atoms with E-state index >= 15 is 0 Å². The molecule has 0 aliphatic rings. The zero-order chi connectivity index (χ0) is 19.4. The van der Waals surface area contributed by atoms with Crippen LogP contribution in [0.3, 0.4) is 0 Å². The fourth-order valence-corrected chi connectivity index (χ4v) is 3.01. The molecule has 2 aromatic heterocycles. The van der Waals surface area contributed by atoms with Crippen LogP contribution in [-0.4, -0.2) is 34.6 Å². The molecule has 0 amide bonds. The Labute approximate surface area is 159 Å². The van der Waals surface area contributed by atoms with Crippen LogP contribution in [0.15, 0.2) is 29.8 Å². The van der Waals surface area contributed by atoms with E-state index in [9.17, 15) is 9.18 Å². The third-order valence-corrected chi connectivity index (χ3v) is 4.36. The number of carbonyl (C=O) groups is 1. The normalized spacial score (nSPS) is 10.5. The molecule has 0 radical (unpaired) electrons. The van der Waals surface area contributed by atoms with Crippen LogP contribution in [0.5, 0.6) is 5.75 Å². The first-order valence-corrected chi connectivity index (χ1v) is 8.97. The Hall–Kier alpha value is -3.07. The van der Waals surface area contributed by atoms with Gasteiger partial charge in [-0.2, -0.15) is 0 Å².